The Labute approximate surface area is 127 Å². The van der Waals surface area contributed by atoms with Gasteiger partial charge in [-0.2, -0.15) is 0 Å². The number of methoxy groups -OCH3 is 1. The summed E-state index contributed by atoms with van der Waals surface area (Å²) in [5.74, 6) is 1.11. The molecule has 4 heteroatoms. The summed E-state index contributed by atoms with van der Waals surface area (Å²) >= 11 is 0. The molecule has 0 radical (unpaired) electrons. The third-order valence-electron chi connectivity index (χ3n) is 4.12. The van der Waals surface area contributed by atoms with Gasteiger partial charge in [-0.25, -0.2) is 0 Å². The van der Waals surface area contributed by atoms with Gasteiger partial charge >= 0.3 is 5.97 Å². The second kappa shape index (κ2) is 8.03. The summed E-state index contributed by atoms with van der Waals surface area (Å²) < 4.78 is 10.5. The Morgan fingerprint density at radius 3 is 2.43 bits per heavy atom. The van der Waals surface area contributed by atoms with E-state index in [0.29, 0.717) is 18.9 Å². The van der Waals surface area contributed by atoms with Crippen LogP contribution >= 0.6 is 0 Å². The first kappa shape index (κ1) is 17.5. The van der Waals surface area contributed by atoms with Crippen LogP contribution < -0.4 is 10.1 Å². The quantitative estimate of drug-likeness (QED) is 0.748. The Bertz CT molecular complexity index is 444. The highest BCUT2D eigenvalue weighted by atomic mass is 16.5. The maximum atomic E-state index is 11.7. The lowest BCUT2D eigenvalue weighted by Gasteiger charge is -2.25. The van der Waals surface area contributed by atoms with Crippen LogP contribution in [0.25, 0.3) is 0 Å². The molecule has 1 N–H and O–H groups in total. The molecule has 0 fully saturated rings. The topological polar surface area (TPSA) is 47.6 Å². The molecule has 118 valence electrons. The minimum Gasteiger partial charge on any atom is -0.494 e. The van der Waals surface area contributed by atoms with Crippen LogP contribution in [0, 0.1) is 0 Å². The first-order valence-electron chi connectivity index (χ1n) is 7.47. The van der Waals surface area contributed by atoms with Gasteiger partial charge in [0.15, 0.2) is 0 Å². The third-order valence-corrected chi connectivity index (χ3v) is 4.12. The first-order chi connectivity index (χ1) is 9.96. The van der Waals surface area contributed by atoms with E-state index in [2.05, 4.69) is 31.3 Å². The molecule has 0 spiro atoms. The van der Waals surface area contributed by atoms with Crippen molar-refractivity contribution in [3.63, 3.8) is 0 Å². The van der Waals surface area contributed by atoms with E-state index < -0.39 is 5.54 Å². The van der Waals surface area contributed by atoms with Gasteiger partial charge in [-0.1, -0.05) is 26.0 Å². The molecule has 4 nitrogen and oxygen atoms in total. The van der Waals surface area contributed by atoms with Crippen LogP contribution in [-0.2, 0) is 9.53 Å². The van der Waals surface area contributed by atoms with Gasteiger partial charge in [0.25, 0.3) is 0 Å². The van der Waals surface area contributed by atoms with Crippen molar-refractivity contribution in [2.24, 2.45) is 0 Å². The Kier molecular flexibility index (Phi) is 6.69. The van der Waals surface area contributed by atoms with Gasteiger partial charge in [0.05, 0.1) is 13.7 Å². The fraction of sp³-hybridized carbons (Fsp3) is 0.588. The fourth-order valence-electron chi connectivity index (χ4n) is 2.06. The molecule has 2 unspecified atom stereocenters. The smallest absolute Gasteiger partial charge is 0.325 e. The zero-order valence-corrected chi connectivity index (χ0v) is 13.7. The molecule has 0 heterocycles. The number of hydrogen-bond donors (Lipinski definition) is 1. The largest absolute Gasteiger partial charge is 0.494 e. The van der Waals surface area contributed by atoms with Gasteiger partial charge in [-0.3, -0.25) is 4.79 Å². The molecule has 1 aromatic carbocycles. The molecular weight excluding hydrogens is 266 g/mol. The molecule has 1 aromatic rings. The van der Waals surface area contributed by atoms with Crippen LogP contribution in [0.15, 0.2) is 24.3 Å². The van der Waals surface area contributed by atoms with Crippen molar-refractivity contribution in [2.45, 2.75) is 45.1 Å². The number of carbonyl (C=O) groups excluding carboxylic acids is 1. The van der Waals surface area contributed by atoms with Gasteiger partial charge in [0.2, 0.25) is 0 Å². The number of likely N-dealkylation sites (N-methyl/N-ethyl adjacent to an activating group) is 1. The number of hydrogen-bond acceptors (Lipinski definition) is 4. The second-order valence-electron chi connectivity index (χ2n) is 5.55. The standard InChI is InChI=1S/C17H27NO3/c1-6-13(2)14-7-9-15(10-8-14)21-12-11-17(3,18-4)16(19)20-5/h7-10,13,18H,6,11-12H2,1-5H3. The molecule has 0 aliphatic rings. The van der Waals surface area contributed by atoms with Gasteiger partial charge in [0.1, 0.15) is 11.3 Å². The highest BCUT2D eigenvalue weighted by molar-refractivity contribution is 5.80. The van der Waals surface area contributed by atoms with E-state index in [1.54, 1.807) is 7.05 Å². The van der Waals surface area contributed by atoms with E-state index in [0.717, 1.165) is 12.2 Å². The minimum atomic E-state index is -0.717. The minimum absolute atomic E-state index is 0.277. The Hall–Kier alpha value is -1.55. The van der Waals surface area contributed by atoms with Gasteiger partial charge in [-0.05, 0) is 44.0 Å². The molecule has 0 saturated heterocycles. The summed E-state index contributed by atoms with van der Waals surface area (Å²) in [7, 11) is 3.14. The second-order valence-corrected chi connectivity index (χ2v) is 5.55. The normalized spacial score (nSPS) is 15.1. The van der Waals surface area contributed by atoms with Crippen LogP contribution in [-0.4, -0.2) is 32.3 Å². The average Bonchev–Trinajstić information content (AvgIpc) is 2.53. The Morgan fingerprint density at radius 1 is 1.33 bits per heavy atom. The number of rotatable bonds is 8. The number of ether oxygens (including phenoxy) is 2. The zero-order chi connectivity index (χ0) is 15.9. The summed E-state index contributed by atoms with van der Waals surface area (Å²) in [6, 6.07) is 8.16. The number of esters is 1. The summed E-state index contributed by atoms with van der Waals surface area (Å²) in [6.07, 6.45) is 1.67. The SMILES string of the molecule is CCC(C)c1ccc(OCCC(C)(NC)C(=O)OC)cc1. The van der Waals surface area contributed by atoms with Crippen LogP contribution in [0.4, 0.5) is 0 Å². The maximum Gasteiger partial charge on any atom is 0.325 e. The summed E-state index contributed by atoms with van der Waals surface area (Å²) in [4.78, 5) is 11.7. The van der Waals surface area contributed by atoms with Crippen LogP contribution in [0.2, 0.25) is 0 Å². The molecule has 0 aliphatic carbocycles. The van der Waals surface area contributed by atoms with Gasteiger partial charge < -0.3 is 14.8 Å². The van der Waals surface area contributed by atoms with E-state index in [1.165, 1.54) is 12.7 Å². The van der Waals surface area contributed by atoms with Gasteiger partial charge in [0, 0.05) is 6.42 Å². The molecule has 0 amide bonds. The third kappa shape index (κ3) is 4.74. The number of carbonyl (C=O) groups is 1. The highest BCUT2D eigenvalue weighted by Crippen LogP contribution is 2.22. The predicted molar refractivity (Wildman–Crippen MR) is 84.7 cm³/mol. The van der Waals surface area contributed by atoms with E-state index >= 15 is 0 Å². The summed E-state index contributed by atoms with van der Waals surface area (Å²) in [6.45, 7) is 6.66. The lowest BCUT2D eigenvalue weighted by molar-refractivity contribution is -0.148. The van der Waals surface area contributed by atoms with Crippen molar-refractivity contribution in [3.05, 3.63) is 29.8 Å². The van der Waals surface area contributed by atoms with E-state index in [9.17, 15) is 4.79 Å². The molecule has 0 aliphatic heterocycles. The van der Waals surface area contributed by atoms with Crippen molar-refractivity contribution in [3.8, 4) is 5.75 Å². The van der Waals surface area contributed by atoms with Crippen molar-refractivity contribution >= 4 is 5.97 Å². The molecular formula is C17H27NO3. The van der Waals surface area contributed by atoms with Gasteiger partial charge in [-0.15, -0.1) is 0 Å². The van der Waals surface area contributed by atoms with Crippen molar-refractivity contribution in [1.29, 1.82) is 0 Å². The molecule has 2 atom stereocenters. The molecule has 0 aromatic heterocycles. The lowest BCUT2D eigenvalue weighted by Crippen LogP contribution is -2.49. The lowest BCUT2D eigenvalue weighted by atomic mass is 9.98. The Morgan fingerprint density at radius 2 is 1.95 bits per heavy atom. The van der Waals surface area contributed by atoms with Crippen LogP contribution in [0.3, 0.4) is 0 Å². The fourth-order valence-corrected chi connectivity index (χ4v) is 2.06. The molecule has 0 bridgehead atoms. The predicted octanol–water partition coefficient (Wildman–Crippen LogP) is 3.12. The van der Waals surface area contributed by atoms with Crippen LogP contribution in [0.5, 0.6) is 5.75 Å². The maximum absolute atomic E-state index is 11.7. The monoisotopic (exact) mass is 293 g/mol. The first-order valence-corrected chi connectivity index (χ1v) is 7.47. The van der Waals surface area contributed by atoms with Crippen molar-refractivity contribution < 1.29 is 14.3 Å². The zero-order valence-electron chi connectivity index (χ0n) is 13.7. The summed E-state index contributed by atoms with van der Waals surface area (Å²) in [5.41, 5.74) is 0.602. The van der Waals surface area contributed by atoms with Crippen molar-refractivity contribution in [2.75, 3.05) is 20.8 Å². The van der Waals surface area contributed by atoms with E-state index in [4.69, 9.17) is 9.47 Å². The summed E-state index contributed by atoms with van der Waals surface area (Å²) in [5, 5.41) is 2.99. The number of benzene rings is 1. The van der Waals surface area contributed by atoms with Crippen LogP contribution in [0.1, 0.15) is 45.1 Å². The Balaban J connectivity index is 2.54. The van der Waals surface area contributed by atoms with E-state index in [-0.39, 0.29) is 5.97 Å². The molecule has 1 rings (SSSR count). The molecule has 0 saturated carbocycles. The van der Waals surface area contributed by atoms with Crippen molar-refractivity contribution in [1.82, 2.24) is 5.32 Å². The average molecular weight is 293 g/mol. The number of nitrogens with one attached hydrogen (secondary N) is 1. The molecule has 21 heavy (non-hydrogen) atoms. The van der Waals surface area contributed by atoms with E-state index in [1.807, 2.05) is 19.1 Å². The highest BCUT2D eigenvalue weighted by Gasteiger charge is 2.32.